The van der Waals surface area contributed by atoms with E-state index in [1.165, 1.54) is 25.5 Å². The highest BCUT2D eigenvalue weighted by Crippen LogP contribution is 2.11. The lowest BCUT2D eigenvalue weighted by Gasteiger charge is -2.07. The van der Waals surface area contributed by atoms with Crippen LogP contribution in [0.2, 0.25) is 0 Å². The Labute approximate surface area is 123 Å². The van der Waals surface area contributed by atoms with Gasteiger partial charge in [0, 0.05) is 0 Å². The minimum absolute atomic E-state index is 0.354. The number of amides is 1. The van der Waals surface area contributed by atoms with E-state index < -0.39 is 31.2 Å². The van der Waals surface area contributed by atoms with Crippen molar-refractivity contribution in [2.75, 3.05) is 20.3 Å². The second-order valence-electron chi connectivity index (χ2n) is 4.01. The van der Waals surface area contributed by atoms with Crippen molar-refractivity contribution in [2.45, 2.75) is 6.18 Å². The molecule has 0 spiro atoms. The molecule has 1 aromatic rings. The third kappa shape index (κ3) is 6.73. The van der Waals surface area contributed by atoms with E-state index in [-0.39, 0.29) is 0 Å². The molecule has 0 aromatic heterocycles. The zero-order valence-corrected chi connectivity index (χ0v) is 11.5. The number of halogens is 3. The fraction of sp³-hybridized carbons (Fsp3) is 0.308. The Morgan fingerprint density at radius 1 is 1.27 bits per heavy atom. The van der Waals surface area contributed by atoms with Crippen molar-refractivity contribution in [3.05, 3.63) is 35.4 Å². The van der Waals surface area contributed by atoms with Gasteiger partial charge in [0.15, 0.2) is 6.61 Å². The van der Waals surface area contributed by atoms with Crippen molar-refractivity contribution < 1.29 is 32.3 Å². The van der Waals surface area contributed by atoms with Crippen molar-refractivity contribution in [2.24, 2.45) is 5.16 Å². The molecule has 0 atom stereocenters. The molecule has 0 aliphatic carbocycles. The van der Waals surface area contributed by atoms with E-state index >= 15 is 0 Å². The lowest BCUT2D eigenvalue weighted by Crippen LogP contribution is -2.35. The number of oxime groups is 1. The highest BCUT2D eigenvalue weighted by atomic mass is 19.4. The largest absolute Gasteiger partial charge is 0.465 e. The van der Waals surface area contributed by atoms with Crippen LogP contribution >= 0.6 is 0 Å². The van der Waals surface area contributed by atoms with Gasteiger partial charge in [0.1, 0.15) is 6.54 Å². The van der Waals surface area contributed by atoms with Crippen LogP contribution in [0.25, 0.3) is 0 Å². The molecule has 22 heavy (non-hydrogen) atoms. The lowest BCUT2D eigenvalue weighted by atomic mass is 10.1. The summed E-state index contributed by atoms with van der Waals surface area (Å²) in [4.78, 5) is 26.7. The van der Waals surface area contributed by atoms with Gasteiger partial charge in [-0.3, -0.25) is 4.79 Å². The van der Waals surface area contributed by atoms with Gasteiger partial charge in [0.05, 0.1) is 18.9 Å². The minimum Gasteiger partial charge on any atom is -0.465 e. The number of carbonyl (C=O) groups excluding carboxylic acids is 2. The molecule has 0 radical (unpaired) electrons. The van der Waals surface area contributed by atoms with Gasteiger partial charge in [0.25, 0.3) is 5.91 Å². The third-order valence-corrected chi connectivity index (χ3v) is 2.29. The fourth-order valence-corrected chi connectivity index (χ4v) is 1.27. The SMILES string of the molecule is COC(=O)c1ccc(/C=N/OCC(=O)NCC(F)(F)F)cc1. The van der Waals surface area contributed by atoms with Crippen molar-refractivity contribution in [1.29, 1.82) is 0 Å². The van der Waals surface area contributed by atoms with Crippen molar-refractivity contribution in [1.82, 2.24) is 5.32 Å². The molecule has 1 N–H and O–H groups in total. The Hall–Kier alpha value is -2.58. The Balaban J connectivity index is 2.37. The standard InChI is InChI=1S/C13H13F3N2O4/c1-21-12(20)10-4-2-9(3-5-10)6-18-22-7-11(19)17-8-13(14,15)16/h2-6H,7-8H2,1H3,(H,17,19)/b18-6+. The number of nitrogens with one attached hydrogen (secondary N) is 1. The topological polar surface area (TPSA) is 77.0 Å². The predicted octanol–water partition coefficient (Wildman–Crippen LogP) is 1.50. The summed E-state index contributed by atoms with van der Waals surface area (Å²) >= 11 is 0. The summed E-state index contributed by atoms with van der Waals surface area (Å²) in [5.41, 5.74) is 0.926. The van der Waals surface area contributed by atoms with Crippen molar-refractivity contribution in [3.63, 3.8) is 0 Å². The first-order chi connectivity index (χ1) is 10.3. The second kappa shape index (κ2) is 8.01. The van der Waals surface area contributed by atoms with Gasteiger partial charge in [-0.25, -0.2) is 4.79 Å². The molecule has 6 nitrogen and oxygen atoms in total. The molecule has 9 heteroatoms. The molecule has 0 aliphatic rings. The van der Waals surface area contributed by atoms with Crippen molar-refractivity contribution >= 4 is 18.1 Å². The molecule has 1 amide bonds. The van der Waals surface area contributed by atoms with E-state index in [4.69, 9.17) is 0 Å². The van der Waals surface area contributed by atoms with Crippen LogP contribution in [0.5, 0.6) is 0 Å². The van der Waals surface area contributed by atoms with Crippen LogP contribution in [-0.4, -0.2) is 44.5 Å². The average Bonchev–Trinajstić information content (AvgIpc) is 2.48. The Bertz CT molecular complexity index is 541. The van der Waals surface area contributed by atoms with Gasteiger partial charge < -0.3 is 14.9 Å². The zero-order chi connectivity index (χ0) is 16.6. The first-order valence-electron chi connectivity index (χ1n) is 5.99. The van der Waals surface area contributed by atoms with Crippen LogP contribution in [0, 0.1) is 0 Å². The van der Waals surface area contributed by atoms with Crippen LogP contribution < -0.4 is 5.32 Å². The predicted molar refractivity (Wildman–Crippen MR) is 70.4 cm³/mol. The van der Waals surface area contributed by atoms with Gasteiger partial charge in [-0.05, 0) is 17.7 Å². The van der Waals surface area contributed by atoms with Crippen LogP contribution in [0.3, 0.4) is 0 Å². The highest BCUT2D eigenvalue weighted by Gasteiger charge is 2.27. The number of hydrogen-bond donors (Lipinski definition) is 1. The maximum absolute atomic E-state index is 11.8. The molecule has 0 heterocycles. The van der Waals surface area contributed by atoms with Gasteiger partial charge in [-0.2, -0.15) is 13.2 Å². The number of rotatable bonds is 6. The number of ether oxygens (including phenoxy) is 1. The van der Waals surface area contributed by atoms with E-state index in [1.807, 2.05) is 0 Å². The minimum atomic E-state index is -4.47. The van der Waals surface area contributed by atoms with Gasteiger partial charge in [0.2, 0.25) is 0 Å². The summed E-state index contributed by atoms with van der Waals surface area (Å²) < 4.78 is 40.0. The molecule has 1 aromatic carbocycles. The lowest BCUT2D eigenvalue weighted by molar-refractivity contribution is -0.141. The Morgan fingerprint density at radius 2 is 1.91 bits per heavy atom. The number of nitrogens with zero attached hydrogens (tertiary/aromatic N) is 1. The number of carbonyl (C=O) groups is 2. The quantitative estimate of drug-likeness (QED) is 0.490. The molecular weight excluding hydrogens is 305 g/mol. The van der Waals surface area contributed by atoms with Gasteiger partial charge >= 0.3 is 12.1 Å². The fourth-order valence-electron chi connectivity index (χ4n) is 1.27. The first-order valence-corrected chi connectivity index (χ1v) is 5.99. The molecule has 0 unspecified atom stereocenters. The summed E-state index contributed by atoms with van der Waals surface area (Å²) in [5, 5.41) is 5.07. The second-order valence-corrected chi connectivity index (χ2v) is 4.01. The number of benzene rings is 1. The normalized spacial score (nSPS) is 11.3. The summed E-state index contributed by atoms with van der Waals surface area (Å²) in [5.74, 6) is -1.42. The number of hydrogen-bond acceptors (Lipinski definition) is 5. The monoisotopic (exact) mass is 318 g/mol. The molecule has 120 valence electrons. The molecule has 0 saturated heterocycles. The number of esters is 1. The van der Waals surface area contributed by atoms with Crippen LogP contribution in [0.4, 0.5) is 13.2 Å². The van der Waals surface area contributed by atoms with E-state index in [2.05, 4.69) is 14.7 Å². The maximum atomic E-state index is 11.8. The van der Waals surface area contributed by atoms with Crippen LogP contribution in [0.15, 0.2) is 29.4 Å². The maximum Gasteiger partial charge on any atom is 0.405 e. The molecule has 1 rings (SSSR count). The van der Waals surface area contributed by atoms with E-state index in [0.29, 0.717) is 11.1 Å². The van der Waals surface area contributed by atoms with E-state index in [9.17, 15) is 22.8 Å². The first kappa shape index (κ1) is 17.5. The molecule has 0 fully saturated rings. The summed E-state index contributed by atoms with van der Waals surface area (Å²) in [6.07, 6.45) is -3.22. The molecular formula is C13H13F3N2O4. The summed E-state index contributed by atoms with van der Waals surface area (Å²) in [7, 11) is 1.26. The molecule has 0 saturated carbocycles. The average molecular weight is 318 g/mol. The van der Waals surface area contributed by atoms with Crippen LogP contribution in [-0.2, 0) is 14.4 Å². The zero-order valence-electron chi connectivity index (χ0n) is 11.5. The van der Waals surface area contributed by atoms with Gasteiger partial charge in [-0.1, -0.05) is 17.3 Å². The smallest absolute Gasteiger partial charge is 0.405 e. The molecule has 0 aliphatic heterocycles. The van der Waals surface area contributed by atoms with Crippen LogP contribution in [0.1, 0.15) is 15.9 Å². The van der Waals surface area contributed by atoms with E-state index in [0.717, 1.165) is 0 Å². The van der Waals surface area contributed by atoms with Gasteiger partial charge in [-0.15, -0.1) is 0 Å². The number of methoxy groups -OCH3 is 1. The molecule has 0 bridgehead atoms. The third-order valence-electron chi connectivity index (χ3n) is 2.29. The highest BCUT2D eigenvalue weighted by molar-refractivity contribution is 5.90. The number of alkyl halides is 3. The summed E-state index contributed by atoms with van der Waals surface area (Å²) in [6, 6.07) is 6.12. The Kier molecular flexibility index (Phi) is 6.36. The van der Waals surface area contributed by atoms with Crippen molar-refractivity contribution in [3.8, 4) is 0 Å². The van der Waals surface area contributed by atoms with E-state index in [1.54, 1.807) is 17.4 Å². The summed E-state index contributed by atoms with van der Waals surface area (Å²) in [6.45, 7) is -2.05. The Morgan fingerprint density at radius 3 is 2.45 bits per heavy atom.